The van der Waals surface area contributed by atoms with Crippen LogP contribution in [-0.4, -0.2) is 9.55 Å². The van der Waals surface area contributed by atoms with Gasteiger partial charge in [0, 0.05) is 23.8 Å². The SMILES string of the molecule is CCCn1c(CC)c(C)c2ccncc21. The van der Waals surface area contributed by atoms with E-state index in [1.165, 1.54) is 28.6 Å². The lowest BCUT2D eigenvalue weighted by molar-refractivity contribution is 0.669. The van der Waals surface area contributed by atoms with Gasteiger partial charge in [-0.25, -0.2) is 0 Å². The molecule has 0 aromatic carbocycles. The molecule has 0 amide bonds. The molecule has 0 aliphatic heterocycles. The molecular formula is C13H18N2. The number of fused-ring (bicyclic) bond motifs is 1. The highest BCUT2D eigenvalue weighted by atomic mass is 15.0. The summed E-state index contributed by atoms with van der Waals surface area (Å²) in [5.41, 5.74) is 4.16. The number of pyridine rings is 1. The Hall–Kier alpha value is -1.31. The summed E-state index contributed by atoms with van der Waals surface area (Å²) < 4.78 is 2.41. The lowest BCUT2D eigenvalue weighted by Gasteiger charge is -2.07. The minimum Gasteiger partial charge on any atom is -0.343 e. The van der Waals surface area contributed by atoms with Crippen molar-refractivity contribution in [2.24, 2.45) is 0 Å². The van der Waals surface area contributed by atoms with E-state index in [1.807, 2.05) is 12.4 Å². The van der Waals surface area contributed by atoms with Crippen LogP contribution in [0.5, 0.6) is 0 Å². The van der Waals surface area contributed by atoms with E-state index < -0.39 is 0 Å². The van der Waals surface area contributed by atoms with E-state index in [-0.39, 0.29) is 0 Å². The van der Waals surface area contributed by atoms with Crippen LogP contribution in [-0.2, 0) is 13.0 Å². The molecule has 2 heterocycles. The van der Waals surface area contributed by atoms with E-state index in [1.54, 1.807) is 0 Å². The highest BCUT2D eigenvalue weighted by Gasteiger charge is 2.11. The van der Waals surface area contributed by atoms with Gasteiger partial charge < -0.3 is 4.57 Å². The number of aryl methyl sites for hydroxylation is 2. The van der Waals surface area contributed by atoms with E-state index in [9.17, 15) is 0 Å². The molecule has 2 aromatic rings. The molecule has 0 fully saturated rings. The fraction of sp³-hybridized carbons (Fsp3) is 0.462. The van der Waals surface area contributed by atoms with E-state index in [0.717, 1.165) is 13.0 Å². The molecule has 0 atom stereocenters. The molecule has 0 unspecified atom stereocenters. The van der Waals surface area contributed by atoms with Crippen LogP contribution in [0, 0.1) is 6.92 Å². The molecule has 0 saturated heterocycles. The van der Waals surface area contributed by atoms with Gasteiger partial charge in [0.05, 0.1) is 11.7 Å². The zero-order chi connectivity index (χ0) is 10.8. The molecule has 0 spiro atoms. The molecule has 2 rings (SSSR count). The Balaban J connectivity index is 2.73. The molecule has 0 aliphatic rings. The van der Waals surface area contributed by atoms with E-state index in [4.69, 9.17) is 0 Å². The van der Waals surface area contributed by atoms with Gasteiger partial charge in [-0.05, 0) is 31.4 Å². The Morgan fingerprint density at radius 2 is 2.13 bits per heavy atom. The molecule has 0 bridgehead atoms. The van der Waals surface area contributed by atoms with E-state index in [0.29, 0.717) is 0 Å². The van der Waals surface area contributed by atoms with Crippen molar-refractivity contribution in [3.63, 3.8) is 0 Å². The van der Waals surface area contributed by atoms with Crippen LogP contribution in [0.4, 0.5) is 0 Å². The molecular weight excluding hydrogens is 184 g/mol. The Morgan fingerprint density at radius 1 is 1.33 bits per heavy atom. The average Bonchev–Trinajstić information content (AvgIpc) is 2.54. The Bertz CT molecular complexity index is 469. The first-order chi connectivity index (χ1) is 7.29. The third kappa shape index (κ3) is 1.54. The van der Waals surface area contributed by atoms with Gasteiger partial charge >= 0.3 is 0 Å². The van der Waals surface area contributed by atoms with Crippen molar-refractivity contribution in [3.05, 3.63) is 29.7 Å². The second kappa shape index (κ2) is 4.05. The van der Waals surface area contributed by atoms with Crippen LogP contribution in [0.2, 0.25) is 0 Å². The van der Waals surface area contributed by atoms with Crippen molar-refractivity contribution in [2.45, 2.75) is 40.2 Å². The first kappa shape index (κ1) is 10.2. The van der Waals surface area contributed by atoms with Crippen molar-refractivity contribution < 1.29 is 0 Å². The maximum atomic E-state index is 4.22. The minimum atomic E-state index is 1.10. The Morgan fingerprint density at radius 3 is 2.80 bits per heavy atom. The third-order valence-electron chi connectivity index (χ3n) is 3.04. The van der Waals surface area contributed by atoms with Gasteiger partial charge in [-0.15, -0.1) is 0 Å². The molecule has 80 valence electrons. The Labute approximate surface area is 90.9 Å². The highest BCUT2D eigenvalue weighted by molar-refractivity contribution is 5.84. The summed E-state index contributed by atoms with van der Waals surface area (Å²) in [4.78, 5) is 4.22. The standard InChI is InChI=1S/C13H18N2/c1-4-8-15-12(5-2)10(3)11-6-7-14-9-13(11)15/h6-7,9H,4-5,8H2,1-3H3. The van der Waals surface area contributed by atoms with Crippen LogP contribution in [0.3, 0.4) is 0 Å². The third-order valence-corrected chi connectivity index (χ3v) is 3.04. The average molecular weight is 202 g/mol. The summed E-state index contributed by atoms with van der Waals surface area (Å²) in [6.07, 6.45) is 6.13. The van der Waals surface area contributed by atoms with Crippen molar-refractivity contribution in [1.82, 2.24) is 9.55 Å². The number of aromatic nitrogens is 2. The molecule has 2 nitrogen and oxygen atoms in total. The largest absolute Gasteiger partial charge is 0.343 e. The molecule has 0 saturated carbocycles. The number of nitrogens with zero attached hydrogens (tertiary/aromatic N) is 2. The van der Waals surface area contributed by atoms with E-state index >= 15 is 0 Å². The number of hydrogen-bond donors (Lipinski definition) is 0. The lowest BCUT2D eigenvalue weighted by Crippen LogP contribution is -2.02. The quantitative estimate of drug-likeness (QED) is 0.746. The topological polar surface area (TPSA) is 17.8 Å². The predicted molar refractivity (Wildman–Crippen MR) is 64.1 cm³/mol. The molecule has 2 heteroatoms. The van der Waals surface area contributed by atoms with Gasteiger partial charge in [-0.3, -0.25) is 4.98 Å². The predicted octanol–water partition coefficient (Wildman–Crippen LogP) is 3.32. The Kier molecular flexibility index (Phi) is 2.76. The van der Waals surface area contributed by atoms with E-state index in [2.05, 4.69) is 36.4 Å². The van der Waals surface area contributed by atoms with Crippen molar-refractivity contribution >= 4 is 10.9 Å². The maximum absolute atomic E-state index is 4.22. The van der Waals surface area contributed by atoms with Crippen LogP contribution >= 0.6 is 0 Å². The number of hydrogen-bond acceptors (Lipinski definition) is 1. The number of rotatable bonds is 3. The van der Waals surface area contributed by atoms with Gasteiger partial charge in [0.15, 0.2) is 0 Å². The second-order valence-electron chi connectivity index (χ2n) is 3.97. The zero-order valence-electron chi connectivity index (χ0n) is 9.75. The summed E-state index contributed by atoms with van der Waals surface area (Å²) in [5.74, 6) is 0. The van der Waals surface area contributed by atoms with Crippen molar-refractivity contribution in [2.75, 3.05) is 0 Å². The summed E-state index contributed by atoms with van der Waals surface area (Å²) in [7, 11) is 0. The fourth-order valence-corrected chi connectivity index (χ4v) is 2.36. The van der Waals surface area contributed by atoms with Crippen molar-refractivity contribution in [1.29, 1.82) is 0 Å². The zero-order valence-corrected chi connectivity index (χ0v) is 9.75. The molecule has 2 aromatic heterocycles. The van der Waals surface area contributed by atoms with Crippen molar-refractivity contribution in [3.8, 4) is 0 Å². The minimum absolute atomic E-state index is 1.10. The van der Waals surface area contributed by atoms with Crippen LogP contribution in [0.25, 0.3) is 10.9 Å². The van der Waals surface area contributed by atoms with Gasteiger partial charge in [0.1, 0.15) is 0 Å². The van der Waals surface area contributed by atoms with Crippen LogP contribution < -0.4 is 0 Å². The first-order valence-electron chi connectivity index (χ1n) is 5.71. The normalized spacial score (nSPS) is 11.1. The summed E-state index contributed by atoms with van der Waals surface area (Å²) >= 11 is 0. The lowest BCUT2D eigenvalue weighted by atomic mass is 10.1. The second-order valence-corrected chi connectivity index (χ2v) is 3.97. The van der Waals surface area contributed by atoms with Gasteiger partial charge in [-0.1, -0.05) is 13.8 Å². The van der Waals surface area contributed by atoms with Crippen LogP contribution in [0.15, 0.2) is 18.5 Å². The summed E-state index contributed by atoms with van der Waals surface area (Å²) in [6, 6.07) is 2.12. The first-order valence-corrected chi connectivity index (χ1v) is 5.71. The van der Waals surface area contributed by atoms with Crippen LogP contribution in [0.1, 0.15) is 31.5 Å². The molecule has 0 N–H and O–H groups in total. The van der Waals surface area contributed by atoms with Gasteiger partial charge in [0.2, 0.25) is 0 Å². The molecule has 15 heavy (non-hydrogen) atoms. The summed E-state index contributed by atoms with van der Waals surface area (Å²) in [6.45, 7) is 7.75. The summed E-state index contributed by atoms with van der Waals surface area (Å²) in [5, 5.41) is 1.36. The smallest absolute Gasteiger partial charge is 0.0671 e. The fourth-order valence-electron chi connectivity index (χ4n) is 2.36. The van der Waals surface area contributed by atoms with Gasteiger partial charge in [0.25, 0.3) is 0 Å². The maximum Gasteiger partial charge on any atom is 0.0671 e. The highest BCUT2D eigenvalue weighted by Crippen LogP contribution is 2.25. The molecule has 0 radical (unpaired) electrons. The monoisotopic (exact) mass is 202 g/mol. The molecule has 0 aliphatic carbocycles. The van der Waals surface area contributed by atoms with Gasteiger partial charge in [-0.2, -0.15) is 0 Å².